The van der Waals surface area contributed by atoms with E-state index in [2.05, 4.69) is 27.4 Å². The average Bonchev–Trinajstić information content (AvgIpc) is 2.54. The molecule has 0 aliphatic carbocycles. The van der Waals surface area contributed by atoms with E-state index in [1.54, 1.807) is 24.5 Å². The molecule has 0 aromatic carbocycles. The molecule has 0 aliphatic heterocycles. The van der Waals surface area contributed by atoms with Crippen LogP contribution in [0.25, 0.3) is 11.1 Å². The summed E-state index contributed by atoms with van der Waals surface area (Å²) >= 11 is 0. The summed E-state index contributed by atoms with van der Waals surface area (Å²) in [6.07, 6.45) is 3.23. The topological polar surface area (TPSA) is 94.6 Å². The first-order valence-electron chi connectivity index (χ1n) is 6.33. The number of pyridine rings is 2. The van der Waals surface area contributed by atoms with Gasteiger partial charge >= 0.3 is 0 Å². The Labute approximate surface area is 122 Å². The zero-order valence-electron chi connectivity index (χ0n) is 11.7. The summed E-state index contributed by atoms with van der Waals surface area (Å²) in [7, 11) is 1.44. The van der Waals surface area contributed by atoms with Crippen LogP contribution in [0.3, 0.4) is 0 Å². The number of ether oxygens (including phenoxy) is 1. The van der Waals surface area contributed by atoms with E-state index in [1.807, 2.05) is 6.92 Å². The van der Waals surface area contributed by atoms with E-state index in [9.17, 15) is 10.5 Å². The molecule has 0 saturated carbocycles. The number of hydrogen-bond donors (Lipinski definition) is 1. The third-order valence-electron chi connectivity index (χ3n) is 2.88. The summed E-state index contributed by atoms with van der Waals surface area (Å²) in [5.41, 5.74) is 1.69. The first-order valence-corrected chi connectivity index (χ1v) is 6.33. The number of nitriles is 2. The number of rotatable bonds is 4. The molecule has 6 heteroatoms. The Morgan fingerprint density at radius 2 is 2.05 bits per heavy atom. The second-order valence-electron chi connectivity index (χ2n) is 4.09. The molecule has 0 spiro atoms. The fourth-order valence-electron chi connectivity index (χ4n) is 2.02. The molecule has 21 heavy (non-hydrogen) atoms. The summed E-state index contributed by atoms with van der Waals surface area (Å²) < 4.78 is 5.18. The summed E-state index contributed by atoms with van der Waals surface area (Å²) in [5, 5.41) is 21.9. The molecule has 2 heterocycles. The monoisotopic (exact) mass is 279 g/mol. The van der Waals surface area contributed by atoms with Gasteiger partial charge in [0, 0.05) is 30.1 Å². The molecule has 0 fully saturated rings. The van der Waals surface area contributed by atoms with Crippen LogP contribution in [-0.4, -0.2) is 23.6 Å². The zero-order chi connectivity index (χ0) is 15.2. The van der Waals surface area contributed by atoms with Crippen LogP contribution < -0.4 is 10.1 Å². The largest absolute Gasteiger partial charge is 0.480 e. The normalized spacial score (nSPS) is 9.52. The second-order valence-corrected chi connectivity index (χ2v) is 4.09. The van der Waals surface area contributed by atoms with E-state index in [0.29, 0.717) is 29.1 Å². The molecule has 6 nitrogen and oxygen atoms in total. The highest BCUT2D eigenvalue weighted by atomic mass is 16.5. The molecule has 104 valence electrons. The molecule has 0 unspecified atom stereocenters. The summed E-state index contributed by atoms with van der Waals surface area (Å²) in [6, 6.07) is 7.72. The summed E-state index contributed by atoms with van der Waals surface area (Å²) in [6.45, 7) is 2.50. The number of nitrogens with zero attached hydrogens (tertiary/aromatic N) is 4. The van der Waals surface area contributed by atoms with Crippen molar-refractivity contribution < 1.29 is 4.74 Å². The Balaban J connectivity index is 2.85. The Bertz CT molecular complexity index is 728. The maximum absolute atomic E-state index is 9.47. The fourth-order valence-corrected chi connectivity index (χ4v) is 2.02. The van der Waals surface area contributed by atoms with Gasteiger partial charge in [-0.1, -0.05) is 6.07 Å². The standard InChI is InChI=1S/C15H13N5O/c1-3-19-14-11(7-16)13(10-5-4-6-18-9-10)12(8-17)15(20-14)21-2/h4-6,9H,3H2,1-2H3,(H,19,20). The van der Waals surface area contributed by atoms with Crippen LogP contribution in [0.2, 0.25) is 0 Å². The maximum atomic E-state index is 9.47. The maximum Gasteiger partial charge on any atom is 0.234 e. The minimum Gasteiger partial charge on any atom is -0.480 e. The van der Waals surface area contributed by atoms with Gasteiger partial charge in [0.1, 0.15) is 29.1 Å². The van der Waals surface area contributed by atoms with Crippen molar-refractivity contribution in [3.63, 3.8) is 0 Å². The smallest absolute Gasteiger partial charge is 0.234 e. The van der Waals surface area contributed by atoms with Gasteiger partial charge in [0.25, 0.3) is 0 Å². The van der Waals surface area contributed by atoms with Gasteiger partial charge in [-0.05, 0) is 13.0 Å². The van der Waals surface area contributed by atoms with Crippen LogP contribution in [-0.2, 0) is 0 Å². The molecule has 0 amide bonds. The number of hydrogen-bond acceptors (Lipinski definition) is 6. The lowest BCUT2D eigenvalue weighted by atomic mass is 9.97. The Morgan fingerprint density at radius 3 is 2.57 bits per heavy atom. The molecular formula is C15H13N5O. The zero-order valence-corrected chi connectivity index (χ0v) is 11.7. The minimum absolute atomic E-state index is 0.186. The number of methoxy groups -OCH3 is 1. The molecule has 1 N–H and O–H groups in total. The lowest BCUT2D eigenvalue weighted by Crippen LogP contribution is -2.07. The number of anilines is 1. The minimum atomic E-state index is 0.186. The molecule has 2 aromatic heterocycles. The van der Waals surface area contributed by atoms with Gasteiger partial charge in [0.15, 0.2) is 0 Å². The first kappa shape index (κ1) is 14.3. The van der Waals surface area contributed by atoms with E-state index in [0.717, 1.165) is 0 Å². The van der Waals surface area contributed by atoms with Gasteiger partial charge in [-0.3, -0.25) is 4.98 Å². The van der Waals surface area contributed by atoms with Crippen LogP contribution >= 0.6 is 0 Å². The van der Waals surface area contributed by atoms with E-state index in [-0.39, 0.29) is 11.4 Å². The number of aromatic nitrogens is 2. The van der Waals surface area contributed by atoms with E-state index in [1.165, 1.54) is 7.11 Å². The van der Waals surface area contributed by atoms with Crippen molar-refractivity contribution in [2.45, 2.75) is 6.92 Å². The number of nitrogens with one attached hydrogen (secondary N) is 1. The molecule has 0 saturated heterocycles. The summed E-state index contributed by atoms with van der Waals surface area (Å²) in [4.78, 5) is 8.25. The summed E-state index contributed by atoms with van der Waals surface area (Å²) in [5.74, 6) is 0.584. The highest BCUT2D eigenvalue weighted by Crippen LogP contribution is 2.35. The van der Waals surface area contributed by atoms with Gasteiger partial charge in [-0.25, -0.2) is 0 Å². The quantitative estimate of drug-likeness (QED) is 0.922. The van der Waals surface area contributed by atoms with Crippen LogP contribution in [0.1, 0.15) is 18.1 Å². The lowest BCUT2D eigenvalue weighted by molar-refractivity contribution is 0.397. The predicted octanol–water partition coefficient (Wildman–Crippen LogP) is 2.33. The van der Waals surface area contributed by atoms with Gasteiger partial charge in [-0.15, -0.1) is 0 Å². The van der Waals surface area contributed by atoms with Crippen molar-refractivity contribution in [2.24, 2.45) is 0 Å². The highest BCUT2D eigenvalue weighted by Gasteiger charge is 2.21. The van der Waals surface area contributed by atoms with E-state index >= 15 is 0 Å². The van der Waals surface area contributed by atoms with Gasteiger partial charge in [0.05, 0.1) is 7.11 Å². The van der Waals surface area contributed by atoms with Gasteiger partial charge in [-0.2, -0.15) is 15.5 Å². The fraction of sp³-hybridized carbons (Fsp3) is 0.200. The van der Waals surface area contributed by atoms with Crippen molar-refractivity contribution >= 4 is 5.82 Å². The van der Waals surface area contributed by atoms with Gasteiger partial charge < -0.3 is 10.1 Å². The second kappa shape index (κ2) is 6.36. The van der Waals surface area contributed by atoms with Crippen molar-refractivity contribution in [2.75, 3.05) is 19.0 Å². The lowest BCUT2D eigenvalue weighted by Gasteiger charge is -2.14. The molecule has 0 bridgehead atoms. The molecule has 0 radical (unpaired) electrons. The van der Waals surface area contributed by atoms with Crippen molar-refractivity contribution in [1.29, 1.82) is 10.5 Å². The van der Waals surface area contributed by atoms with Crippen molar-refractivity contribution in [3.05, 3.63) is 35.7 Å². The van der Waals surface area contributed by atoms with Crippen molar-refractivity contribution in [3.8, 4) is 29.1 Å². The van der Waals surface area contributed by atoms with E-state index < -0.39 is 0 Å². The highest BCUT2D eigenvalue weighted by molar-refractivity contribution is 5.82. The van der Waals surface area contributed by atoms with Crippen LogP contribution in [0, 0.1) is 22.7 Å². The molecule has 0 atom stereocenters. The van der Waals surface area contributed by atoms with E-state index in [4.69, 9.17) is 4.74 Å². The third-order valence-corrected chi connectivity index (χ3v) is 2.88. The SMILES string of the molecule is CCNc1nc(OC)c(C#N)c(-c2cccnc2)c1C#N. The Hall–Kier alpha value is -3.12. The van der Waals surface area contributed by atoms with Crippen LogP contribution in [0.4, 0.5) is 5.82 Å². The molecule has 2 rings (SSSR count). The average molecular weight is 279 g/mol. The third kappa shape index (κ3) is 2.60. The molecule has 0 aliphatic rings. The Kier molecular flexibility index (Phi) is 4.33. The van der Waals surface area contributed by atoms with Crippen LogP contribution in [0.5, 0.6) is 5.88 Å². The van der Waals surface area contributed by atoms with Crippen molar-refractivity contribution in [1.82, 2.24) is 9.97 Å². The van der Waals surface area contributed by atoms with Gasteiger partial charge in [0.2, 0.25) is 5.88 Å². The molecular weight excluding hydrogens is 266 g/mol. The van der Waals surface area contributed by atoms with Crippen LogP contribution in [0.15, 0.2) is 24.5 Å². The molecule has 2 aromatic rings. The predicted molar refractivity (Wildman–Crippen MR) is 77.6 cm³/mol. The first-order chi connectivity index (χ1) is 10.3. The Morgan fingerprint density at radius 1 is 1.29 bits per heavy atom.